The van der Waals surface area contributed by atoms with Gasteiger partial charge in [-0.2, -0.15) is 0 Å². The Balaban J connectivity index is 2.37. The molecule has 2 N–H and O–H groups in total. The minimum Gasteiger partial charge on any atom is -0.480 e. The van der Waals surface area contributed by atoms with Crippen molar-refractivity contribution < 1.29 is 14.7 Å². The number of nitrogens with zero attached hydrogens (tertiary/aromatic N) is 1. The van der Waals surface area contributed by atoms with Crippen LogP contribution in [0.1, 0.15) is 31.1 Å². The van der Waals surface area contributed by atoms with Crippen molar-refractivity contribution in [1.29, 1.82) is 0 Å². The van der Waals surface area contributed by atoms with Gasteiger partial charge in [0.1, 0.15) is 6.04 Å². The Bertz CT molecular complexity index is 684. The molecule has 0 spiro atoms. The summed E-state index contributed by atoms with van der Waals surface area (Å²) in [4.78, 5) is 28.0. The minimum atomic E-state index is -1.05. The first-order valence-electron chi connectivity index (χ1n) is 6.68. The number of rotatable bonds is 3. The van der Waals surface area contributed by atoms with Gasteiger partial charge in [-0.1, -0.05) is 39.0 Å². The fraction of sp³-hybridized carbons (Fsp3) is 0.312. The Labute approximate surface area is 123 Å². The molecule has 0 saturated carbocycles. The lowest BCUT2D eigenvalue weighted by atomic mass is 9.86. The van der Waals surface area contributed by atoms with Crippen LogP contribution in [0.5, 0.6) is 0 Å². The number of carbonyl (C=O) groups is 2. The maximum absolute atomic E-state index is 12.4. The number of carboxylic acids is 1. The van der Waals surface area contributed by atoms with Gasteiger partial charge in [0.2, 0.25) is 0 Å². The van der Waals surface area contributed by atoms with Crippen LogP contribution in [0, 0.1) is 5.41 Å². The van der Waals surface area contributed by atoms with Crippen LogP contribution < -0.4 is 5.32 Å². The van der Waals surface area contributed by atoms with Crippen LogP contribution in [0.4, 0.5) is 0 Å². The molecule has 0 unspecified atom stereocenters. The minimum absolute atomic E-state index is 0.407. The molecule has 2 aromatic rings. The molecule has 0 aliphatic carbocycles. The van der Waals surface area contributed by atoms with Gasteiger partial charge in [0.15, 0.2) is 0 Å². The zero-order valence-corrected chi connectivity index (χ0v) is 12.3. The van der Waals surface area contributed by atoms with Crippen molar-refractivity contribution in [2.45, 2.75) is 26.8 Å². The second kappa shape index (κ2) is 5.52. The first kappa shape index (κ1) is 15.0. The van der Waals surface area contributed by atoms with Gasteiger partial charge in [-0.3, -0.25) is 9.78 Å². The van der Waals surface area contributed by atoms with E-state index in [-0.39, 0.29) is 0 Å². The van der Waals surface area contributed by atoms with Gasteiger partial charge in [0.25, 0.3) is 5.91 Å². The third-order valence-corrected chi connectivity index (χ3v) is 3.28. The van der Waals surface area contributed by atoms with E-state index in [9.17, 15) is 14.7 Å². The van der Waals surface area contributed by atoms with Gasteiger partial charge < -0.3 is 10.4 Å². The lowest BCUT2D eigenvalue weighted by Crippen LogP contribution is -2.49. The van der Waals surface area contributed by atoms with Crippen molar-refractivity contribution in [3.8, 4) is 0 Å². The molecule has 5 nitrogen and oxygen atoms in total. The van der Waals surface area contributed by atoms with E-state index in [1.807, 2.05) is 18.2 Å². The highest BCUT2D eigenvalue weighted by Gasteiger charge is 2.33. The molecule has 1 atom stereocenters. The highest BCUT2D eigenvalue weighted by molar-refractivity contribution is 6.07. The molecule has 0 radical (unpaired) electrons. The summed E-state index contributed by atoms with van der Waals surface area (Å²) in [7, 11) is 0. The summed E-state index contributed by atoms with van der Waals surface area (Å²) in [6, 6.07) is 7.90. The second-order valence-electron chi connectivity index (χ2n) is 5.99. The Hall–Kier alpha value is -2.43. The normalized spacial score (nSPS) is 12.9. The number of hydrogen-bond donors (Lipinski definition) is 2. The van der Waals surface area contributed by atoms with E-state index < -0.39 is 23.3 Å². The third-order valence-electron chi connectivity index (χ3n) is 3.28. The standard InChI is InChI=1S/C16H18N2O3/c1-16(2,3)13(15(20)21)18-14(19)11-8-9-17-12-7-5-4-6-10(11)12/h4-9,13H,1-3H3,(H,18,19)(H,20,21)/t13-/m0/s1. The number of para-hydroxylation sites is 1. The molecular formula is C16H18N2O3. The largest absolute Gasteiger partial charge is 0.480 e. The number of carbonyl (C=O) groups excluding carboxylic acids is 1. The molecule has 0 bridgehead atoms. The predicted octanol–water partition coefficient (Wildman–Crippen LogP) is 2.46. The number of aliphatic carboxylic acids is 1. The molecule has 0 aliphatic rings. The van der Waals surface area contributed by atoms with Crippen molar-refractivity contribution in [1.82, 2.24) is 10.3 Å². The first-order chi connectivity index (χ1) is 9.80. The quantitative estimate of drug-likeness (QED) is 0.908. The van der Waals surface area contributed by atoms with E-state index in [1.165, 1.54) is 0 Å². The monoisotopic (exact) mass is 286 g/mol. The molecule has 110 valence electrons. The predicted molar refractivity (Wildman–Crippen MR) is 80.1 cm³/mol. The second-order valence-corrected chi connectivity index (χ2v) is 5.99. The van der Waals surface area contributed by atoms with Crippen LogP contribution in [0.3, 0.4) is 0 Å². The molecule has 0 saturated heterocycles. The first-order valence-corrected chi connectivity index (χ1v) is 6.68. The molecule has 2 rings (SSSR count). The highest BCUT2D eigenvalue weighted by atomic mass is 16.4. The molecule has 1 aromatic carbocycles. The van der Waals surface area contributed by atoms with Crippen LogP contribution in [0.25, 0.3) is 10.9 Å². The molecule has 21 heavy (non-hydrogen) atoms. The zero-order chi connectivity index (χ0) is 15.6. The summed E-state index contributed by atoms with van der Waals surface area (Å²) in [6.45, 7) is 5.32. The fourth-order valence-corrected chi connectivity index (χ4v) is 2.15. The molecule has 0 aliphatic heterocycles. The van der Waals surface area contributed by atoms with E-state index in [0.717, 1.165) is 0 Å². The molecule has 1 aromatic heterocycles. The molecule has 1 amide bonds. The van der Waals surface area contributed by atoms with Crippen LogP contribution in [-0.4, -0.2) is 28.0 Å². The van der Waals surface area contributed by atoms with Crippen molar-refractivity contribution in [2.24, 2.45) is 5.41 Å². The maximum atomic E-state index is 12.4. The van der Waals surface area contributed by atoms with Gasteiger partial charge in [-0.25, -0.2) is 4.79 Å². The highest BCUT2D eigenvalue weighted by Crippen LogP contribution is 2.21. The van der Waals surface area contributed by atoms with Crippen molar-refractivity contribution in [3.63, 3.8) is 0 Å². The van der Waals surface area contributed by atoms with Crippen LogP contribution in [0.15, 0.2) is 36.5 Å². The van der Waals surface area contributed by atoms with Crippen LogP contribution >= 0.6 is 0 Å². The number of aromatic nitrogens is 1. The molecule has 1 heterocycles. The van der Waals surface area contributed by atoms with Gasteiger partial charge >= 0.3 is 5.97 Å². The van der Waals surface area contributed by atoms with Crippen LogP contribution in [0.2, 0.25) is 0 Å². The molecule has 0 fully saturated rings. The van der Waals surface area contributed by atoms with Gasteiger partial charge in [-0.05, 0) is 17.5 Å². The topological polar surface area (TPSA) is 79.3 Å². The van der Waals surface area contributed by atoms with Crippen molar-refractivity contribution in [2.75, 3.05) is 0 Å². The fourth-order valence-electron chi connectivity index (χ4n) is 2.15. The Morgan fingerprint density at radius 1 is 1.19 bits per heavy atom. The summed E-state index contributed by atoms with van der Waals surface area (Å²) in [5.74, 6) is -1.45. The maximum Gasteiger partial charge on any atom is 0.326 e. The van der Waals surface area contributed by atoms with E-state index >= 15 is 0 Å². The summed E-state index contributed by atoms with van der Waals surface area (Å²) < 4.78 is 0. The van der Waals surface area contributed by atoms with E-state index in [2.05, 4.69) is 10.3 Å². The molecule has 5 heteroatoms. The number of amides is 1. The number of pyridine rings is 1. The molecular weight excluding hydrogens is 268 g/mol. The van der Waals surface area contributed by atoms with E-state index in [1.54, 1.807) is 39.1 Å². The number of fused-ring (bicyclic) bond motifs is 1. The number of nitrogens with one attached hydrogen (secondary N) is 1. The number of benzene rings is 1. The number of carboxylic acid groups (broad SMARTS) is 1. The SMILES string of the molecule is CC(C)(C)[C@@H](NC(=O)c1ccnc2ccccc12)C(=O)O. The Kier molecular flexibility index (Phi) is 3.93. The van der Waals surface area contributed by atoms with Crippen molar-refractivity contribution >= 4 is 22.8 Å². The van der Waals surface area contributed by atoms with Gasteiger partial charge in [0, 0.05) is 11.6 Å². The van der Waals surface area contributed by atoms with Crippen molar-refractivity contribution in [3.05, 3.63) is 42.1 Å². The average Bonchev–Trinajstić information content (AvgIpc) is 2.42. The summed E-state index contributed by atoms with van der Waals surface area (Å²) in [6.07, 6.45) is 1.55. The van der Waals surface area contributed by atoms with E-state index in [4.69, 9.17) is 0 Å². The Morgan fingerprint density at radius 2 is 1.86 bits per heavy atom. The third kappa shape index (κ3) is 3.18. The van der Waals surface area contributed by atoms with Crippen LogP contribution in [-0.2, 0) is 4.79 Å². The zero-order valence-electron chi connectivity index (χ0n) is 12.3. The smallest absolute Gasteiger partial charge is 0.326 e. The lowest BCUT2D eigenvalue weighted by Gasteiger charge is -2.27. The number of hydrogen-bond acceptors (Lipinski definition) is 3. The van der Waals surface area contributed by atoms with Gasteiger partial charge in [0.05, 0.1) is 11.1 Å². The van der Waals surface area contributed by atoms with Gasteiger partial charge in [-0.15, -0.1) is 0 Å². The average molecular weight is 286 g/mol. The van der Waals surface area contributed by atoms with E-state index in [0.29, 0.717) is 16.5 Å². The Morgan fingerprint density at radius 3 is 2.48 bits per heavy atom. The summed E-state index contributed by atoms with van der Waals surface area (Å²) in [5.41, 5.74) is 0.550. The summed E-state index contributed by atoms with van der Waals surface area (Å²) >= 11 is 0. The summed E-state index contributed by atoms with van der Waals surface area (Å²) in [5, 5.41) is 12.6. The lowest BCUT2D eigenvalue weighted by molar-refractivity contribution is -0.142.